The van der Waals surface area contributed by atoms with Gasteiger partial charge in [0.2, 0.25) is 0 Å². The lowest BCUT2D eigenvalue weighted by Gasteiger charge is -2.23. The number of ether oxygens (including phenoxy) is 2. The summed E-state index contributed by atoms with van der Waals surface area (Å²) in [4.78, 5) is 22.5. The lowest BCUT2D eigenvalue weighted by molar-refractivity contribution is -0.113. The molecule has 2 aromatic rings. The molecule has 0 N–H and O–H groups in total. The lowest BCUT2D eigenvalue weighted by atomic mass is 9.81. The molecule has 1 heterocycles. The molecule has 3 rings (SSSR count). The van der Waals surface area contributed by atoms with Gasteiger partial charge in [-0.2, -0.15) is 0 Å². The Hall–Kier alpha value is -2.47. The van der Waals surface area contributed by atoms with Gasteiger partial charge < -0.3 is 9.47 Å². The zero-order valence-corrected chi connectivity index (χ0v) is 19.9. The number of methoxy groups -OCH3 is 2. The van der Waals surface area contributed by atoms with E-state index >= 15 is 0 Å². The average molecular weight is 471 g/mol. The van der Waals surface area contributed by atoms with Crippen LogP contribution in [0.25, 0.3) is 12.2 Å². The minimum atomic E-state index is 0.0641. The number of benzene rings is 1. The van der Waals surface area contributed by atoms with Crippen molar-refractivity contribution in [3.63, 3.8) is 0 Å². The number of aryl methyl sites for hydroxylation is 3. The van der Waals surface area contributed by atoms with Gasteiger partial charge in [0.25, 0.3) is 0 Å². The maximum absolute atomic E-state index is 13.3. The monoisotopic (exact) mass is 470 g/mol. The maximum Gasteiger partial charge on any atom is 0.185 e. The molecule has 1 aliphatic carbocycles. The molecule has 1 unspecified atom stereocenters. The summed E-state index contributed by atoms with van der Waals surface area (Å²) in [7, 11) is 3.20. The van der Waals surface area contributed by atoms with Crippen LogP contribution < -0.4 is 9.47 Å². The van der Waals surface area contributed by atoms with E-state index in [1.54, 1.807) is 14.2 Å². The highest BCUT2D eigenvalue weighted by atomic mass is 79.9. The number of carbonyl (C=O) groups is 1. The van der Waals surface area contributed by atoms with Gasteiger partial charge in [0.05, 0.1) is 37.0 Å². The van der Waals surface area contributed by atoms with E-state index in [4.69, 9.17) is 9.47 Å². The number of halogens is 1. The molecule has 1 fully saturated rings. The van der Waals surface area contributed by atoms with Crippen molar-refractivity contribution in [1.29, 1.82) is 0 Å². The summed E-state index contributed by atoms with van der Waals surface area (Å²) in [6, 6.07) is 3.73. The number of allylic oxidation sites excluding steroid dienone is 2. The topological polar surface area (TPSA) is 61.3 Å². The zero-order chi connectivity index (χ0) is 22.0. The first-order valence-corrected chi connectivity index (χ1v) is 10.7. The molecule has 0 bridgehead atoms. The van der Waals surface area contributed by atoms with Crippen molar-refractivity contribution in [2.45, 2.75) is 40.5 Å². The number of hydrogen-bond acceptors (Lipinski definition) is 5. The van der Waals surface area contributed by atoms with Crippen LogP contribution in [0.3, 0.4) is 0 Å². The number of ketones is 1. The van der Waals surface area contributed by atoms with Gasteiger partial charge in [-0.25, -0.2) is 4.98 Å². The molecule has 1 aliphatic rings. The van der Waals surface area contributed by atoms with Gasteiger partial charge in [-0.1, -0.05) is 22.9 Å². The third kappa shape index (κ3) is 4.64. The molecule has 1 atom stereocenters. The van der Waals surface area contributed by atoms with Crippen LogP contribution in [0, 0.1) is 26.7 Å². The van der Waals surface area contributed by atoms with Crippen molar-refractivity contribution < 1.29 is 14.3 Å². The second-order valence-electron chi connectivity index (χ2n) is 7.78. The van der Waals surface area contributed by atoms with Crippen molar-refractivity contribution in [3.8, 4) is 11.5 Å². The molecule has 1 saturated carbocycles. The Bertz CT molecular complexity index is 1060. The fraction of sp³-hybridized carbons (Fsp3) is 0.375. The summed E-state index contributed by atoms with van der Waals surface area (Å²) in [5.41, 5.74) is 5.84. The molecule has 0 amide bonds. The first-order valence-electron chi connectivity index (χ1n) is 9.92. The van der Waals surface area contributed by atoms with Crippen molar-refractivity contribution in [2.24, 2.45) is 5.92 Å². The lowest BCUT2D eigenvalue weighted by Crippen LogP contribution is -2.18. The quantitative estimate of drug-likeness (QED) is 0.540. The standard InChI is InChI=1S/C24H27BrN2O3/c1-13-7-18(9-17-11-22(29-5)23(30-6)12-20(17)25)24(28)19(8-13)10-21-16(4)26-14(2)15(3)27-21/h9-13H,7-8H2,1-6H3/b18-9+,19-10+. The average Bonchev–Trinajstić information content (AvgIpc) is 2.70. The van der Waals surface area contributed by atoms with Crippen LogP contribution in [0.2, 0.25) is 0 Å². The maximum atomic E-state index is 13.3. The van der Waals surface area contributed by atoms with Crippen LogP contribution in [-0.2, 0) is 4.79 Å². The largest absolute Gasteiger partial charge is 0.493 e. The van der Waals surface area contributed by atoms with Gasteiger partial charge in [0, 0.05) is 15.6 Å². The molecule has 158 valence electrons. The van der Waals surface area contributed by atoms with Gasteiger partial charge in [-0.05, 0) is 69.4 Å². The molecular weight excluding hydrogens is 444 g/mol. The zero-order valence-electron chi connectivity index (χ0n) is 18.3. The molecule has 0 saturated heterocycles. The number of nitrogens with zero attached hydrogens (tertiary/aromatic N) is 2. The second-order valence-corrected chi connectivity index (χ2v) is 8.63. The number of hydrogen-bond donors (Lipinski definition) is 0. The van der Waals surface area contributed by atoms with Crippen molar-refractivity contribution in [1.82, 2.24) is 9.97 Å². The Labute approximate surface area is 186 Å². The van der Waals surface area contributed by atoms with E-state index in [9.17, 15) is 4.79 Å². The van der Waals surface area contributed by atoms with Crippen molar-refractivity contribution >= 4 is 33.9 Å². The van der Waals surface area contributed by atoms with Crippen LogP contribution in [-0.4, -0.2) is 30.0 Å². The molecular formula is C24H27BrN2O3. The van der Waals surface area contributed by atoms with Crippen LogP contribution in [0.15, 0.2) is 27.8 Å². The highest BCUT2D eigenvalue weighted by molar-refractivity contribution is 9.10. The fourth-order valence-corrected chi connectivity index (χ4v) is 4.10. The molecule has 6 heteroatoms. The normalized spacial score (nSPS) is 19.4. The fourth-order valence-electron chi connectivity index (χ4n) is 3.67. The minimum absolute atomic E-state index is 0.0641. The van der Waals surface area contributed by atoms with E-state index in [2.05, 4.69) is 32.8 Å². The van der Waals surface area contributed by atoms with Crippen LogP contribution >= 0.6 is 15.9 Å². The van der Waals surface area contributed by atoms with Crippen LogP contribution in [0.1, 0.15) is 48.1 Å². The third-order valence-corrected chi connectivity index (χ3v) is 6.07. The summed E-state index contributed by atoms with van der Waals surface area (Å²) in [5, 5.41) is 0. The van der Waals surface area contributed by atoms with Gasteiger partial charge >= 0.3 is 0 Å². The van der Waals surface area contributed by atoms with E-state index in [-0.39, 0.29) is 5.78 Å². The number of aromatic nitrogens is 2. The number of rotatable bonds is 4. The highest BCUT2D eigenvalue weighted by Gasteiger charge is 2.26. The van der Waals surface area contributed by atoms with Crippen LogP contribution in [0.4, 0.5) is 0 Å². The smallest absolute Gasteiger partial charge is 0.185 e. The molecule has 0 aliphatic heterocycles. The minimum Gasteiger partial charge on any atom is -0.493 e. The van der Waals surface area contributed by atoms with Gasteiger partial charge in [-0.15, -0.1) is 0 Å². The molecule has 1 aromatic heterocycles. The Morgan fingerprint density at radius 1 is 0.933 bits per heavy atom. The molecule has 30 heavy (non-hydrogen) atoms. The third-order valence-electron chi connectivity index (χ3n) is 5.38. The Morgan fingerprint density at radius 2 is 1.50 bits per heavy atom. The Morgan fingerprint density at radius 3 is 2.13 bits per heavy atom. The highest BCUT2D eigenvalue weighted by Crippen LogP contribution is 2.37. The summed E-state index contributed by atoms with van der Waals surface area (Å²) in [6.45, 7) is 7.98. The summed E-state index contributed by atoms with van der Waals surface area (Å²) >= 11 is 3.58. The van der Waals surface area contributed by atoms with E-state index in [0.717, 1.165) is 56.8 Å². The van der Waals surface area contributed by atoms with Gasteiger partial charge in [0.15, 0.2) is 17.3 Å². The summed E-state index contributed by atoms with van der Waals surface area (Å²) < 4.78 is 11.6. The predicted molar refractivity (Wildman–Crippen MR) is 123 cm³/mol. The molecule has 0 spiro atoms. The van der Waals surface area contributed by atoms with E-state index in [1.165, 1.54) is 0 Å². The molecule has 5 nitrogen and oxygen atoms in total. The summed E-state index contributed by atoms with van der Waals surface area (Å²) in [6.07, 6.45) is 5.31. The van der Waals surface area contributed by atoms with Gasteiger partial charge in [0.1, 0.15) is 0 Å². The molecule has 0 radical (unpaired) electrons. The number of carbonyl (C=O) groups excluding carboxylic acids is 1. The first-order chi connectivity index (χ1) is 14.2. The predicted octanol–water partition coefficient (Wildman–Crippen LogP) is 5.65. The SMILES string of the molecule is COc1cc(Br)c(/C=C2\CC(C)C/C(=C\c3nc(C)c(C)nc3C)C2=O)cc1OC. The summed E-state index contributed by atoms with van der Waals surface area (Å²) in [5.74, 6) is 1.69. The van der Waals surface area contributed by atoms with E-state index in [1.807, 2.05) is 45.1 Å². The van der Waals surface area contributed by atoms with Crippen molar-refractivity contribution in [3.05, 3.63) is 56.1 Å². The van der Waals surface area contributed by atoms with Gasteiger partial charge in [-0.3, -0.25) is 9.78 Å². The Kier molecular flexibility index (Phi) is 6.76. The van der Waals surface area contributed by atoms with Crippen molar-refractivity contribution in [2.75, 3.05) is 14.2 Å². The second kappa shape index (κ2) is 9.13. The van der Waals surface area contributed by atoms with Crippen LogP contribution in [0.5, 0.6) is 11.5 Å². The molecule has 1 aromatic carbocycles. The number of Topliss-reactive ketones (excluding diaryl/α,β-unsaturated/α-hetero) is 1. The first kappa shape index (κ1) is 22.2. The Balaban J connectivity index is 2.02. The van der Waals surface area contributed by atoms with E-state index < -0.39 is 0 Å². The van der Waals surface area contributed by atoms with E-state index in [0.29, 0.717) is 17.4 Å².